The van der Waals surface area contributed by atoms with Crippen molar-refractivity contribution in [1.29, 1.82) is 0 Å². The first-order valence-corrected chi connectivity index (χ1v) is 7.46. The summed E-state index contributed by atoms with van der Waals surface area (Å²) in [6, 6.07) is 5.62. The van der Waals surface area contributed by atoms with E-state index >= 15 is 0 Å². The molecule has 7 nitrogen and oxygen atoms in total. The predicted octanol–water partition coefficient (Wildman–Crippen LogP) is 0.793. The van der Waals surface area contributed by atoms with E-state index in [1.165, 1.54) is 6.08 Å². The molecule has 120 valence electrons. The number of hydrogen-bond acceptors (Lipinski definition) is 5. The molecule has 1 aromatic carbocycles. The summed E-state index contributed by atoms with van der Waals surface area (Å²) >= 11 is 0. The van der Waals surface area contributed by atoms with Gasteiger partial charge in [-0.1, -0.05) is 6.92 Å². The number of fused-ring (bicyclic) bond motifs is 1. The summed E-state index contributed by atoms with van der Waals surface area (Å²) in [6.07, 6.45) is 2.08. The Kier molecular flexibility index (Phi) is 3.87. The van der Waals surface area contributed by atoms with Gasteiger partial charge in [0.15, 0.2) is 0 Å². The second-order valence-corrected chi connectivity index (χ2v) is 5.35. The Hall–Kier alpha value is -2.67. The molecular formula is C16H18N4O3. The lowest BCUT2D eigenvalue weighted by atomic mass is 10.2. The normalized spacial score (nSPS) is 14.7. The van der Waals surface area contributed by atoms with Gasteiger partial charge < -0.3 is 15.0 Å². The van der Waals surface area contributed by atoms with Crippen molar-refractivity contribution in [2.24, 2.45) is 7.05 Å². The number of rotatable bonds is 5. The first kappa shape index (κ1) is 15.2. The fourth-order valence-corrected chi connectivity index (χ4v) is 2.71. The van der Waals surface area contributed by atoms with Crippen molar-refractivity contribution < 1.29 is 14.7 Å². The van der Waals surface area contributed by atoms with Gasteiger partial charge in [-0.15, -0.1) is 0 Å². The van der Waals surface area contributed by atoms with Gasteiger partial charge in [-0.2, -0.15) is 0 Å². The van der Waals surface area contributed by atoms with Crippen molar-refractivity contribution in [3.8, 4) is 0 Å². The van der Waals surface area contributed by atoms with Crippen molar-refractivity contribution in [3.63, 3.8) is 0 Å². The molecule has 23 heavy (non-hydrogen) atoms. The van der Waals surface area contributed by atoms with Crippen LogP contribution in [0.25, 0.3) is 11.0 Å². The van der Waals surface area contributed by atoms with Gasteiger partial charge >= 0.3 is 0 Å². The number of carbonyl (C=O) groups is 2. The average molecular weight is 314 g/mol. The minimum atomic E-state index is -0.431. The summed E-state index contributed by atoms with van der Waals surface area (Å²) in [5, 5.41) is 11.9. The fourth-order valence-electron chi connectivity index (χ4n) is 2.71. The van der Waals surface area contributed by atoms with Gasteiger partial charge in [0.2, 0.25) is 0 Å². The molecule has 7 heteroatoms. The Balaban J connectivity index is 1.86. The number of aromatic nitrogens is 2. The number of nitrogens with zero attached hydrogens (tertiary/aromatic N) is 3. The molecule has 0 saturated carbocycles. The van der Waals surface area contributed by atoms with Crippen LogP contribution in [0.5, 0.6) is 0 Å². The van der Waals surface area contributed by atoms with Gasteiger partial charge in [-0.3, -0.25) is 14.5 Å². The molecule has 0 saturated heterocycles. The predicted molar refractivity (Wildman–Crippen MR) is 85.6 cm³/mol. The molecular weight excluding hydrogens is 296 g/mol. The molecule has 2 aromatic rings. The van der Waals surface area contributed by atoms with Gasteiger partial charge in [0, 0.05) is 25.2 Å². The maximum atomic E-state index is 12.1. The number of aryl methyl sites for hydroxylation is 2. The highest BCUT2D eigenvalue weighted by molar-refractivity contribution is 6.17. The van der Waals surface area contributed by atoms with E-state index in [9.17, 15) is 9.59 Å². The van der Waals surface area contributed by atoms with E-state index in [1.807, 2.05) is 36.7 Å². The molecule has 0 aliphatic carbocycles. The van der Waals surface area contributed by atoms with E-state index in [4.69, 9.17) is 5.11 Å². The molecule has 0 spiro atoms. The third kappa shape index (κ3) is 2.59. The van der Waals surface area contributed by atoms with Crippen molar-refractivity contribution in [2.75, 3.05) is 18.5 Å². The maximum Gasteiger partial charge on any atom is 0.277 e. The van der Waals surface area contributed by atoms with Crippen LogP contribution in [-0.4, -0.2) is 44.5 Å². The van der Waals surface area contributed by atoms with E-state index in [0.717, 1.165) is 28.2 Å². The maximum absolute atomic E-state index is 12.1. The summed E-state index contributed by atoms with van der Waals surface area (Å²) in [7, 11) is 1.97. The highest BCUT2D eigenvalue weighted by atomic mass is 16.3. The number of aliphatic hydroxyl groups is 1. The average Bonchev–Trinajstić information content (AvgIpc) is 2.99. The number of amides is 2. The Bertz CT molecular complexity index is 822. The summed E-state index contributed by atoms with van der Waals surface area (Å²) in [4.78, 5) is 29.4. The van der Waals surface area contributed by atoms with Gasteiger partial charge in [0.25, 0.3) is 11.8 Å². The lowest BCUT2D eigenvalue weighted by Gasteiger charge is -2.13. The van der Waals surface area contributed by atoms with Crippen LogP contribution in [0.1, 0.15) is 12.7 Å². The van der Waals surface area contributed by atoms with Gasteiger partial charge in [-0.05, 0) is 18.2 Å². The zero-order valence-electron chi connectivity index (χ0n) is 13.0. The Labute approximate surface area is 133 Å². The van der Waals surface area contributed by atoms with Crippen molar-refractivity contribution in [3.05, 3.63) is 35.8 Å². The first-order chi connectivity index (χ1) is 11.0. The van der Waals surface area contributed by atoms with E-state index in [-0.39, 0.29) is 18.8 Å². The van der Waals surface area contributed by atoms with Gasteiger partial charge in [0.1, 0.15) is 11.5 Å². The summed E-state index contributed by atoms with van der Waals surface area (Å²) in [5.41, 5.74) is 2.74. The molecule has 0 bridgehead atoms. The number of imidazole rings is 1. The number of anilines is 1. The zero-order chi connectivity index (χ0) is 16.6. The third-order valence-corrected chi connectivity index (χ3v) is 3.90. The number of carbonyl (C=O) groups excluding carboxylic acids is 2. The molecule has 3 rings (SSSR count). The molecule has 0 atom stereocenters. The van der Waals surface area contributed by atoms with Gasteiger partial charge in [0.05, 0.1) is 24.2 Å². The lowest BCUT2D eigenvalue weighted by Crippen LogP contribution is -2.34. The van der Waals surface area contributed by atoms with Crippen LogP contribution in [0, 0.1) is 0 Å². The molecule has 2 heterocycles. The summed E-state index contributed by atoms with van der Waals surface area (Å²) in [5.74, 6) is 0.135. The number of nitrogens with one attached hydrogen (secondary N) is 1. The van der Waals surface area contributed by atoms with E-state index in [0.29, 0.717) is 5.69 Å². The standard InChI is InChI=1S/C16H18N4O3/c1-3-14-18-11-8-10(4-5-13(11)19(14)2)17-12-9-15(22)20(6-7-21)16(12)23/h4-5,8-9,17,21H,3,6-7H2,1-2H3. The molecule has 1 aliphatic rings. The molecule has 0 fully saturated rings. The minimum Gasteiger partial charge on any atom is -0.395 e. The Morgan fingerprint density at radius 1 is 1.30 bits per heavy atom. The summed E-state index contributed by atoms with van der Waals surface area (Å²) < 4.78 is 2.03. The Morgan fingerprint density at radius 3 is 2.78 bits per heavy atom. The van der Waals surface area contributed by atoms with E-state index in [2.05, 4.69) is 10.3 Å². The quantitative estimate of drug-likeness (QED) is 0.797. The zero-order valence-corrected chi connectivity index (χ0v) is 13.0. The van der Waals surface area contributed by atoms with Crippen LogP contribution in [0.3, 0.4) is 0 Å². The van der Waals surface area contributed by atoms with Crippen LogP contribution in [0.2, 0.25) is 0 Å². The molecule has 0 unspecified atom stereocenters. The molecule has 1 aromatic heterocycles. The van der Waals surface area contributed by atoms with Crippen LogP contribution in [0.4, 0.5) is 5.69 Å². The largest absolute Gasteiger partial charge is 0.395 e. The topological polar surface area (TPSA) is 87.5 Å². The monoisotopic (exact) mass is 314 g/mol. The van der Waals surface area contributed by atoms with Gasteiger partial charge in [-0.25, -0.2) is 4.98 Å². The van der Waals surface area contributed by atoms with E-state index in [1.54, 1.807) is 0 Å². The minimum absolute atomic E-state index is 0.00151. The van der Waals surface area contributed by atoms with Crippen LogP contribution < -0.4 is 5.32 Å². The fraction of sp³-hybridized carbons (Fsp3) is 0.312. The second-order valence-electron chi connectivity index (χ2n) is 5.35. The SMILES string of the molecule is CCc1nc2cc(NC3=CC(=O)N(CCO)C3=O)ccc2n1C. The molecule has 2 amide bonds. The Morgan fingerprint density at radius 2 is 2.09 bits per heavy atom. The van der Waals surface area contributed by atoms with Crippen LogP contribution >= 0.6 is 0 Å². The highest BCUT2D eigenvalue weighted by Crippen LogP contribution is 2.22. The third-order valence-electron chi connectivity index (χ3n) is 3.90. The number of hydrogen-bond donors (Lipinski definition) is 2. The van der Waals surface area contributed by atoms with Crippen molar-refractivity contribution in [2.45, 2.75) is 13.3 Å². The summed E-state index contributed by atoms with van der Waals surface area (Å²) in [6.45, 7) is 1.79. The van der Waals surface area contributed by atoms with E-state index < -0.39 is 11.8 Å². The molecule has 0 radical (unpaired) electrons. The number of aliphatic hydroxyl groups excluding tert-OH is 1. The highest BCUT2D eigenvalue weighted by Gasteiger charge is 2.30. The van der Waals surface area contributed by atoms with Crippen LogP contribution in [-0.2, 0) is 23.1 Å². The number of imide groups is 1. The molecule has 1 aliphatic heterocycles. The van der Waals surface area contributed by atoms with Crippen LogP contribution in [0.15, 0.2) is 30.0 Å². The second kappa shape index (κ2) is 5.85. The van der Waals surface area contributed by atoms with Crippen molar-refractivity contribution in [1.82, 2.24) is 14.5 Å². The number of benzene rings is 1. The lowest BCUT2D eigenvalue weighted by molar-refractivity contribution is -0.137. The first-order valence-electron chi connectivity index (χ1n) is 7.46. The number of β-amino-alcohol motifs (C(OH)–C–C–N with tert-alkyl or cyclic N) is 1. The molecule has 2 N–H and O–H groups in total. The smallest absolute Gasteiger partial charge is 0.277 e. The van der Waals surface area contributed by atoms with Crippen molar-refractivity contribution >= 4 is 28.5 Å².